The first-order chi connectivity index (χ1) is 12.6. The molecule has 28 heavy (non-hydrogen) atoms. The summed E-state index contributed by atoms with van der Waals surface area (Å²) < 4.78 is 5.46. The summed E-state index contributed by atoms with van der Waals surface area (Å²) in [4.78, 5) is 18.0. The first-order valence-electron chi connectivity index (χ1n) is 10.8. The number of amides is 1. The van der Waals surface area contributed by atoms with Gasteiger partial charge in [0.1, 0.15) is 0 Å². The van der Waals surface area contributed by atoms with E-state index in [0.29, 0.717) is 12.5 Å². The number of hydrogen-bond donors (Lipinski definition) is 1. The largest absolute Gasteiger partial charge is 0.384 e. The van der Waals surface area contributed by atoms with Crippen LogP contribution in [0.4, 0.5) is 0 Å². The van der Waals surface area contributed by atoms with Gasteiger partial charge in [-0.3, -0.25) is 9.69 Å². The molecule has 0 bridgehead atoms. The summed E-state index contributed by atoms with van der Waals surface area (Å²) in [6.07, 6.45) is 7.25. The van der Waals surface area contributed by atoms with Crippen molar-refractivity contribution in [3.63, 3.8) is 0 Å². The lowest BCUT2D eigenvalue weighted by atomic mass is 9.78. The molecule has 0 aromatic heterocycles. The average molecular weight is 438 g/mol. The number of carbonyl (C=O) groups excluding carboxylic acids is 1. The number of ether oxygens (including phenoxy) is 1. The predicted molar refractivity (Wildman–Crippen MR) is 120 cm³/mol. The molecule has 0 aromatic rings. The molecule has 0 unspecified atom stereocenters. The van der Waals surface area contributed by atoms with E-state index >= 15 is 0 Å². The zero-order valence-electron chi connectivity index (χ0n) is 18.0. The van der Waals surface area contributed by atoms with Crippen molar-refractivity contribution in [2.45, 2.75) is 58.4 Å². The topological polar surface area (TPSA) is 44.8 Å². The van der Waals surface area contributed by atoms with Crippen LogP contribution in [0.15, 0.2) is 0 Å². The molecule has 1 amide bonds. The van der Waals surface area contributed by atoms with E-state index < -0.39 is 0 Å². The van der Waals surface area contributed by atoms with Crippen molar-refractivity contribution in [3.05, 3.63) is 0 Å². The van der Waals surface area contributed by atoms with Gasteiger partial charge in [0.15, 0.2) is 0 Å². The van der Waals surface area contributed by atoms with E-state index in [1.807, 2.05) is 0 Å². The third kappa shape index (κ3) is 5.98. The van der Waals surface area contributed by atoms with E-state index in [-0.39, 0.29) is 30.2 Å². The minimum Gasteiger partial charge on any atom is -0.384 e. The molecule has 0 radical (unpaired) electrons. The van der Waals surface area contributed by atoms with Gasteiger partial charge in [-0.1, -0.05) is 13.8 Å². The van der Waals surface area contributed by atoms with Gasteiger partial charge in [0.25, 0.3) is 0 Å². The molecule has 1 saturated carbocycles. The Morgan fingerprint density at radius 1 is 1.04 bits per heavy atom. The maximum atomic E-state index is 13.3. The molecule has 5 nitrogen and oxygen atoms in total. The summed E-state index contributed by atoms with van der Waals surface area (Å²) in [5.41, 5.74) is -0.294. The van der Waals surface area contributed by atoms with Crippen LogP contribution in [-0.4, -0.2) is 74.7 Å². The molecule has 7 heteroatoms. The van der Waals surface area contributed by atoms with E-state index in [2.05, 4.69) is 29.0 Å². The van der Waals surface area contributed by atoms with Crippen molar-refractivity contribution in [2.75, 3.05) is 53.0 Å². The summed E-state index contributed by atoms with van der Waals surface area (Å²) in [5, 5.41) is 3.38. The summed E-state index contributed by atoms with van der Waals surface area (Å²) in [6, 6.07) is 0.745. The van der Waals surface area contributed by atoms with Crippen LogP contribution >= 0.6 is 24.8 Å². The van der Waals surface area contributed by atoms with Crippen molar-refractivity contribution in [2.24, 2.45) is 17.3 Å². The van der Waals surface area contributed by atoms with Gasteiger partial charge in [-0.25, -0.2) is 0 Å². The molecule has 1 N–H and O–H groups in total. The monoisotopic (exact) mass is 437 g/mol. The molecular weight excluding hydrogens is 397 g/mol. The Hall–Kier alpha value is -0.0700. The van der Waals surface area contributed by atoms with Crippen LogP contribution in [0, 0.1) is 17.3 Å². The Morgan fingerprint density at radius 2 is 1.61 bits per heavy atom. The number of nitrogens with zero attached hydrogens (tertiary/aromatic N) is 2. The highest BCUT2D eigenvalue weighted by Gasteiger charge is 2.43. The molecule has 2 aliphatic heterocycles. The molecule has 3 fully saturated rings. The van der Waals surface area contributed by atoms with Crippen LogP contribution < -0.4 is 5.32 Å². The smallest absolute Gasteiger partial charge is 0.231 e. The average Bonchev–Trinajstić information content (AvgIpc) is 2.68. The highest BCUT2D eigenvalue weighted by Crippen LogP contribution is 2.34. The number of methoxy groups -OCH3 is 1. The van der Waals surface area contributed by atoms with E-state index in [9.17, 15) is 4.79 Å². The highest BCUT2D eigenvalue weighted by molar-refractivity contribution is 5.85. The molecule has 3 aliphatic rings. The highest BCUT2D eigenvalue weighted by atomic mass is 35.5. The lowest BCUT2D eigenvalue weighted by Gasteiger charge is -2.45. The van der Waals surface area contributed by atoms with Crippen LogP contribution in [0.2, 0.25) is 0 Å². The number of halogens is 2. The minimum atomic E-state index is -0.294. The first kappa shape index (κ1) is 26.0. The van der Waals surface area contributed by atoms with Gasteiger partial charge in [0, 0.05) is 39.3 Å². The Balaban J connectivity index is 0.00000196. The van der Waals surface area contributed by atoms with Crippen molar-refractivity contribution in [3.8, 4) is 0 Å². The predicted octanol–water partition coefficient (Wildman–Crippen LogP) is 3.21. The molecule has 0 atom stereocenters. The third-order valence-corrected chi connectivity index (χ3v) is 7.24. The van der Waals surface area contributed by atoms with Crippen molar-refractivity contribution < 1.29 is 9.53 Å². The third-order valence-electron chi connectivity index (χ3n) is 7.24. The van der Waals surface area contributed by atoms with Crippen LogP contribution in [-0.2, 0) is 9.53 Å². The van der Waals surface area contributed by atoms with Gasteiger partial charge < -0.3 is 15.0 Å². The SMILES string of the molecule is COCC1(C(=O)N2CCN(C3CCC(C(C)C)CC3)CC2)CCNCC1.Cl.Cl. The van der Waals surface area contributed by atoms with Gasteiger partial charge in [-0.05, 0) is 63.5 Å². The fourth-order valence-corrected chi connectivity index (χ4v) is 5.36. The maximum absolute atomic E-state index is 13.3. The lowest BCUT2D eigenvalue weighted by Crippen LogP contribution is -2.58. The Bertz CT molecular complexity index is 451. The molecule has 0 aromatic carbocycles. The fourth-order valence-electron chi connectivity index (χ4n) is 5.36. The summed E-state index contributed by atoms with van der Waals surface area (Å²) in [7, 11) is 1.72. The number of piperidine rings is 1. The molecule has 2 saturated heterocycles. The fraction of sp³-hybridized carbons (Fsp3) is 0.952. The van der Waals surface area contributed by atoms with Gasteiger partial charge >= 0.3 is 0 Å². The molecule has 0 spiro atoms. The second-order valence-electron chi connectivity index (χ2n) is 9.10. The first-order valence-corrected chi connectivity index (χ1v) is 10.8. The van der Waals surface area contributed by atoms with Gasteiger partial charge in [0.2, 0.25) is 5.91 Å². The van der Waals surface area contributed by atoms with E-state index in [4.69, 9.17) is 4.74 Å². The zero-order chi connectivity index (χ0) is 18.6. The second-order valence-corrected chi connectivity index (χ2v) is 9.10. The number of piperazine rings is 1. The van der Waals surface area contributed by atoms with Crippen LogP contribution in [0.5, 0.6) is 0 Å². The molecule has 3 rings (SSSR count). The normalized spacial score (nSPS) is 28.4. The quantitative estimate of drug-likeness (QED) is 0.716. The summed E-state index contributed by atoms with van der Waals surface area (Å²) in [6.45, 7) is 11.0. The molecular formula is C21H41Cl2N3O2. The van der Waals surface area contributed by atoms with Crippen LogP contribution in [0.3, 0.4) is 0 Å². The summed E-state index contributed by atoms with van der Waals surface area (Å²) in [5.74, 6) is 2.08. The van der Waals surface area contributed by atoms with Crippen molar-refractivity contribution in [1.82, 2.24) is 15.1 Å². The molecule has 166 valence electrons. The lowest BCUT2D eigenvalue weighted by molar-refractivity contribution is -0.149. The summed E-state index contributed by atoms with van der Waals surface area (Å²) >= 11 is 0. The number of rotatable bonds is 5. The minimum absolute atomic E-state index is 0. The van der Waals surface area contributed by atoms with Crippen LogP contribution in [0.1, 0.15) is 52.4 Å². The standard InChI is InChI=1S/C21H39N3O2.2ClH/c1-17(2)18-4-6-19(7-5-18)23-12-14-24(15-13-23)20(25)21(16-26-3)8-10-22-11-9-21;;/h17-19,22H,4-16H2,1-3H3;2*1H. The van der Waals surface area contributed by atoms with Gasteiger partial charge in [-0.2, -0.15) is 0 Å². The number of carbonyl (C=O) groups is 1. The van der Waals surface area contributed by atoms with Gasteiger partial charge in [0.05, 0.1) is 12.0 Å². The number of nitrogens with one attached hydrogen (secondary N) is 1. The van der Waals surface area contributed by atoms with E-state index in [1.54, 1.807) is 7.11 Å². The second kappa shape index (κ2) is 11.9. The van der Waals surface area contributed by atoms with Crippen molar-refractivity contribution >= 4 is 30.7 Å². The van der Waals surface area contributed by atoms with Gasteiger partial charge in [-0.15, -0.1) is 24.8 Å². The maximum Gasteiger partial charge on any atom is 0.231 e. The Kier molecular flexibility index (Phi) is 11.1. The Labute approximate surface area is 184 Å². The van der Waals surface area contributed by atoms with Crippen molar-refractivity contribution in [1.29, 1.82) is 0 Å². The zero-order valence-corrected chi connectivity index (χ0v) is 19.6. The van der Waals surface area contributed by atoms with E-state index in [1.165, 1.54) is 25.7 Å². The number of hydrogen-bond acceptors (Lipinski definition) is 4. The van der Waals surface area contributed by atoms with E-state index in [0.717, 1.165) is 70.0 Å². The van der Waals surface area contributed by atoms with Crippen LogP contribution in [0.25, 0.3) is 0 Å². The Morgan fingerprint density at radius 3 is 2.11 bits per heavy atom. The molecule has 1 aliphatic carbocycles. The molecule has 2 heterocycles.